The van der Waals surface area contributed by atoms with E-state index in [4.69, 9.17) is 0 Å². The first-order valence-electron chi connectivity index (χ1n) is 40.1. The number of benzene rings is 7. The van der Waals surface area contributed by atoms with Crippen LogP contribution in [0.25, 0.3) is 32.3 Å². The molecule has 27 nitrogen and oxygen atoms in total. The lowest BCUT2D eigenvalue weighted by molar-refractivity contribution is -0.690. The lowest BCUT2D eigenvalue weighted by Crippen LogP contribution is -3.00. The summed E-state index contributed by atoms with van der Waals surface area (Å²) in [5.41, 5.74) is 15.8. The normalized spacial score (nSPS) is 15.5. The third-order valence-electron chi connectivity index (χ3n) is 24.4. The number of aromatic nitrogens is 15. The molecule has 0 spiro atoms. The second-order valence-corrected chi connectivity index (χ2v) is 31.5. The zero-order valence-electron chi connectivity index (χ0n) is 65.7. The van der Waals surface area contributed by atoms with E-state index in [1.165, 1.54) is 67.3 Å². The molecule has 7 aromatic carbocycles. The second kappa shape index (κ2) is 33.3. The fourth-order valence-electron chi connectivity index (χ4n) is 18.5. The summed E-state index contributed by atoms with van der Waals surface area (Å²) in [6.45, 7) is 16.8. The van der Waals surface area contributed by atoms with Crippen LogP contribution in [-0.4, -0.2) is 168 Å². The molecule has 117 heavy (non-hydrogen) atoms. The first-order valence-corrected chi connectivity index (χ1v) is 40.1. The van der Waals surface area contributed by atoms with Gasteiger partial charge in [0, 0.05) is 158 Å². The Labute approximate surface area is 707 Å². The van der Waals surface area contributed by atoms with Gasteiger partial charge in [-0.3, -0.25) is 57.5 Å². The molecule has 0 N–H and O–H groups in total. The third kappa shape index (κ3) is 15.0. The van der Waals surface area contributed by atoms with Crippen molar-refractivity contribution in [3.05, 3.63) is 250 Å². The molecular weight excluding hydrogens is 1670 g/mol. The summed E-state index contributed by atoms with van der Waals surface area (Å²) in [5, 5.41) is 32.1. The van der Waals surface area contributed by atoms with Crippen LogP contribution in [0.1, 0.15) is 170 Å². The lowest BCUT2D eigenvalue weighted by atomic mass is 9.87. The molecule has 0 aliphatic carbocycles. The number of hydrogen-bond donors (Lipinski definition) is 0. The Balaban J connectivity index is 0.00000342. The van der Waals surface area contributed by atoms with E-state index in [1.807, 2.05) is 128 Å². The van der Waals surface area contributed by atoms with Gasteiger partial charge in [-0.2, -0.15) is 0 Å². The molecule has 0 saturated carbocycles. The van der Waals surface area contributed by atoms with Crippen molar-refractivity contribution in [2.45, 2.75) is 137 Å². The van der Waals surface area contributed by atoms with Crippen LogP contribution in [0.4, 0.5) is 17.1 Å². The number of imidazole rings is 3. The highest BCUT2D eigenvalue weighted by Crippen LogP contribution is 2.41. The minimum atomic E-state index is -0.298. The van der Waals surface area contributed by atoms with Gasteiger partial charge in [-0.25, -0.2) is 27.4 Å². The van der Waals surface area contributed by atoms with Crippen molar-refractivity contribution >= 4 is 84.8 Å². The summed E-state index contributed by atoms with van der Waals surface area (Å²) in [6, 6.07) is 29.1. The van der Waals surface area contributed by atoms with Gasteiger partial charge in [0.15, 0.2) is 0 Å². The van der Waals surface area contributed by atoms with E-state index >= 15 is 0 Å². The van der Waals surface area contributed by atoms with E-state index < -0.39 is 0 Å². The van der Waals surface area contributed by atoms with Gasteiger partial charge in [0.1, 0.15) is 93.5 Å². The largest absolute Gasteiger partial charge is 1.00 e. The van der Waals surface area contributed by atoms with Crippen LogP contribution >= 0.6 is 0 Å². The molecule has 0 unspecified atom stereocenters. The average Bonchev–Trinajstić information content (AvgIpc) is 1.70. The van der Waals surface area contributed by atoms with E-state index in [9.17, 15) is 28.8 Å². The molecule has 6 aliphatic rings. The van der Waals surface area contributed by atoms with Gasteiger partial charge in [0.05, 0.1) is 38.2 Å². The quantitative estimate of drug-likeness (QED) is 0.0583. The summed E-state index contributed by atoms with van der Waals surface area (Å²) in [4.78, 5) is 95.9. The maximum absolute atomic E-state index is 14.1. The molecular formula is C87H90Br3N21O6. The first-order chi connectivity index (χ1) is 55.7. The number of anilines is 3. The predicted octanol–water partition coefficient (Wildman–Crippen LogP) is 0.274. The maximum Gasteiger partial charge on any atom is 0.261 e. The molecule has 3 fully saturated rings. The molecule has 6 amide bonds. The molecule has 0 atom stereocenters. The number of rotatable bonds is 24. The monoisotopic (exact) mass is 1760 g/mol. The maximum atomic E-state index is 14.1. The van der Waals surface area contributed by atoms with Crippen LogP contribution < -0.4 is 79.3 Å². The number of imide groups is 3. The molecule has 6 aromatic heterocycles. The zero-order valence-corrected chi connectivity index (χ0v) is 70.4. The number of halogens is 3. The van der Waals surface area contributed by atoms with Gasteiger partial charge in [0.2, 0.25) is 19.0 Å². The fraction of sp³-hybridized carbons (Fsp3) is 0.345. The summed E-state index contributed by atoms with van der Waals surface area (Å²) in [7, 11) is 0. The predicted molar refractivity (Wildman–Crippen MR) is 425 cm³/mol. The number of amides is 6. The molecule has 600 valence electrons. The molecule has 3 saturated heterocycles. The lowest BCUT2D eigenvalue weighted by Gasteiger charge is -2.32. The fourth-order valence-corrected chi connectivity index (χ4v) is 18.5. The third-order valence-corrected chi connectivity index (χ3v) is 24.4. The van der Waals surface area contributed by atoms with Crippen LogP contribution in [0.15, 0.2) is 166 Å². The Morgan fingerprint density at radius 1 is 0.325 bits per heavy atom. The van der Waals surface area contributed by atoms with E-state index in [-0.39, 0.29) is 126 Å². The van der Waals surface area contributed by atoms with E-state index in [0.717, 1.165) is 144 Å². The van der Waals surface area contributed by atoms with E-state index in [2.05, 4.69) is 131 Å². The first kappa shape index (κ1) is 79.5. The van der Waals surface area contributed by atoms with Gasteiger partial charge in [-0.1, -0.05) is 52.0 Å². The molecule has 30 heteroatoms. The van der Waals surface area contributed by atoms with Crippen molar-refractivity contribution in [1.29, 1.82) is 0 Å². The molecule has 6 aliphatic heterocycles. The Hall–Kier alpha value is -11.4. The number of nitrogens with zero attached hydrogens (tertiary/aromatic N) is 21. The minimum absolute atomic E-state index is 0. The molecule has 19 rings (SSSR count). The van der Waals surface area contributed by atoms with Crippen LogP contribution in [0.3, 0.4) is 0 Å². The van der Waals surface area contributed by atoms with Gasteiger partial charge >= 0.3 is 0 Å². The van der Waals surface area contributed by atoms with E-state index in [0.29, 0.717) is 72.6 Å². The van der Waals surface area contributed by atoms with Crippen molar-refractivity contribution in [3.8, 4) is 0 Å². The topological polar surface area (TPSA) is 240 Å². The Kier molecular flexibility index (Phi) is 22.6. The van der Waals surface area contributed by atoms with Crippen molar-refractivity contribution in [1.82, 2.24) is 73.4 Å². The SMILES string of the molecule is Cc1c(C[n+]2ccn(Cc3cn(CCN4C(=O)c5cccc6c(N7CCCCC7)ccc(c56)C4=O)nn3)c2)c(C)c(C[n+]2ccn(Cc3cn(CCN4C(=O)c5cccc6c(N7CCCCC7)ccc(c56)C4=O)nn3)c2)c(C)c1C[n+]1ccn(Cc2cn(CCN3C(=O)c4cccc5c(N6CCCCC6)ccc(c45)C3=O)nn2)c1.[Br-].[Br-].[Br-]. The van der Waals surface area contributed by atoms with Gasteiger partial charge in [0.25, 0.3) is 35.4 Å². The van der Waals surface area contributed by atoms with Gasteiger partial charge < -0.3 is 65.6 Å². The molecule has 0 bridgehead atoms. The standard InChI is InChI=1S/C87H90N21O6.3BrH/c1-58-73(52-97-37-34-94(55-97)46-61-49-103(91-88-61)40-43-106-82(109)67-19-13-16-64-76(100-28-7-4-8-29-100)25-22-70(79(64)67)85(106)112)59(2)75(54-99-39-36-96(57-99)48-63-51-105(93-90-63)42-45-108-84(111)69-21-15-18-66-78(102-32-11-6-12-33-102)27-24-72(81(66)69)87(108)114)60(3)74(58)53-98-38-35-95(56-98)47-62-50-104(92-89-62)41-44-107-83(110)68-20-14-17-65-77(101-30-9-5-10-31-101)26-23-71(80(65)68)86(107)113;;;/h13-27,34-39,49-51,55-57H,4-12,28-33,40-48,52-54H2,1-3H3;3*1H/q+3;;;/p-3. The van der Waals surface area contributed by atoms with Crippen molar-refractivity contribution in [2.75, 3.05) is 73.6 Å². The van der Waals surface area contributed by atoms with Crippen molar-refractivity contribution in [2.24, 2.45) is 0 Å². The second-order valence-electron chi connectivity index (χ2n) is 31.5. The number of piperidine rings is 3. The van der Waals surface area contributed by atoms with Crippen molar-refractivity contribution in [3.63, 3.8) is 0 Å². The smallest absolute Gasteiger partial charge is 0.261 e. The van der Waals surface area contributed by atoms with Gasteiger partial charge in [-0.15, -0.1) is 15.3 Å². The minimum Gasteiger partial charge on any atom is -1.00 e. The Morgan fingerprint density at radius 2 is 0.590 bits per heavy atom. The highest BCUT2D eigenvalue weighted by molar-refractivity contribution is 6.29. The molecule has 12 heterocycles. The van der Waals surface area contributed by atoms with Crippen molar-refractivity contribution < 1.29 is 93.4 Å². The highest BCUT2D eigenvalue weighted by atomic mass is 79.9. The number of carbonyl (C=O) groups is 6. The van der Waals surface area contributed by atoms with Crippen LogP contribution in [0, 0.1) is 20.8 Å². The summed E-state index contributed by atoms with van der Waals surface area (Å²) < 4.78 is 17.9. The Bertz CT molecular complexity index is 5390. The summed E-state index contributed by atoms with van der Waals surface area (Å²) >= 11 is 0. The Morgan fingerprint density at radius 3 is 0.863 bits per heavy atom. The van der Waals surface area contributed by atoms with E-state index in [1.54, 1.807) is 14.0 Å². The summed E-state index contributed by atoms with van der Waals surface area (Å²) in [6.07, 6.45) is 34.6. The van der Waals surface area contributed by atoms with Crippen LogP contribution in [0.5, 0.6) is 0 Å². The van der Waals surface area contributed by atoms with Gasteiger partial charge in [-0.05, 0) is 150 Å². The molecule has 13 aromatic rings. The summed E-state index contributed by atoms with van der Waals surface area (Å²) in [5.74, 6) is -1.79. The van der Waals surface area contributed by atoms with Crippen LogP contribution in [-0.2, 0) is 58.9 Å². The zero-order chi connectivity index (χ0) is 77.4. The average molecular weight is 1770 g/mol. The number of hydrogen-bond acceptors (Lipinski definition) is 15. The highest BCUT2D eigenvalue weighted by Gasteiger charge is 2.38. The molecule has 0 radical (unpaired) electrons. The van der Waals surface area contributed by atoms with Crippen LogP contribution in [0.2, 0.25) is 0 Å². The number of carbonyl (C=O) groups excluding carboxylic acids is 6.